The summed E-state index contributed by atoms with van der Waals surface area (Å²) in [5.74, 6) is -1.35. The molecule has 0 radical (unpaired) electrons. The minimum atomic E-state index is -1.57. The van der Waals surface area contributed by atoms with E-state index in [0.29, 0.717) is 22.4 Å². The van der Waals surface area contributed by atoms with E-state index < -0.39 is 17.7 Å². The van der Waals surface area contributed by atoms with Gasteiger partial charge in [0.2, 0.25) is 11.5 Å². The zero-order valence-corrected chi connectivity index (χ0v) is 17.7. The highest BCUT2D eigenvalue weighted by atomic mass is 19.1. The van der Waals surface area contributed by atoms with Crippen molar-refractivity contribution in [2.75, 3.05) is 5.73 Å². The number of anilines is 1. The smallest absolute Gasteiger partial charge is 0.250 e. The molecule has 11 heteroatoms. The second-order valence-corrected chi connectivity index (χ2v) is 7.55. The Morgan fingerprint density at radius 2 is 1.76 bits per heavy atom. The van der Waals surface area contributed by atoms with Crippen molar-refractivity contribution in [3.05, 3.63) is 94.4 Å². The van der Waals surface area contributed by atoms with E-state index in [2.05, 4.69) is 20.1 Å². The molecule has 0 aliphatic rings. The predicted molar refractivity (Wildman–Crippen MR) is 120 cm³/mol. The van der Waals surface area contributed by atoms with Crippen LogP contribution in [0.15, 0.2) is 65.7 Å². The number of rotatable bonds is 4. The summed E-state index contributed by atoms with van der Waals surface area (Å²) in [4.78, 5) is 24.7. The lowest BCUT2D eigenvalue weighted by atomic mass is 10.0. The molecule has 1 aromatic carbocycles. The van der Waals surface area contributed by atoms with Crippen LogP contribution < -0.4 is 11.3 Å². The molecule has 5 aromatic rings. The number of aryl methyl sites for hydroxylation is 1. The predicted octanol–water partition coefficient (Wildman–Crippen LogP) is 2.49. The number of hydrogen-bond acceptors (Lipinski definition) is 7. The highest BCUT2D eigenvalue weighted by Gasteiger charge is 2.25. The molecular formula is C23H17F2N7O2. The van der Waals surface area contributed by atoms with Gasteiger partial charge in [-0.25, -0.2) is 18.7 Å². The molecule has 4 heterocycles. The van der Waals surface area contributed by atoms with Crippen LogP contribution in [-0.2, 0) is 7.05 Å². The fraction of sp³-hybridized carbons (Fsp3) is 0.0870. The minimum Gasteiger partial charge on any atom is -0.378 e. The first-order chi connectivity index (χ1) is 16.3. The van der Waals surface area contributed by atoms with E-state index in [1.165, 1.54) is 57.7 Å². The molecule has 5 rings (SSSR count). The third-order valence-corrected chi connectivity index (χ3v) is 5.31. The van der Waals surface area contributed by atoms with Crippen LogP contribution in [-0.4, -0.2) is 34.2 Å². The van der Waals surface area contributed by atoms with Crippen molar-refractivity contribution in [3.8, 4) is 22.4 Å². The summed E-state index contributed by atoms with van der Waals surface area (Å²) in [5, 5.41) is 15.0. The van der Waals surface area contributed by atoms with E-state index >= 15 is 0 Å². The van der Waals surface area contributed by atoms with Gasteiger partial charge in [0.1, 0.15) is 17.3 Å². The quantitative estimate of drug-likeness (QED) is 0.421. The molecule has 170 valence electrons. The zero-order chi connectivity index (χ0) is 24.0. The van der Waals surface area contributed by atoms with E-state index in [4.69, 9.17) is 5.73 Å². The third kappa shape index (κ3) is 3.57. The Kier molecular flexibility index (Phi) is 5.10. The number of aliphatic hydroxyl groups is 1. The molecule has 4 aromatic heterocycles. The lowest BCUT2D eigenvalue weighted by Crippen LogP contribution is -2.14. The van der Waals surface area contributed by atoms with Gasteiger partial charge in [0.25, 0.3) is 0 Å². The second-order valence-electron chi connectivity index (χ2n) is 7.55. The molecule has 0 spiro atoms. The Hall–Kier alpha value is -4.51. The van der Waals surface area contributed by atoms with Gasteiger partial charge in [0.05, 0.1) is 11.3 Å². The van der Waals surface area contributed by atoms with Crippen molar-refractivity contribution in [1.82, 2.24) is 29.1 Å². The normalized spacial score (nSPS) is 12.2. The van der Waals surface area contributed by atoms with Crippen LogP contribution in [0, 0.1) is 11.6 Å². The van der Waals surface area contributed by atoms with Crippen LogP contribution in [0.25, 0.3) is 28.0 Å². The summed E-state index contributed by atoms with van der Waals surface area (Å²) < 4.78 is 30.4. The molecule has 1 unspecified atom stereocenters. The fourth-order valence-electron chi connectivity index (χ4n) is 3.63. The lowest BCUT2D eigenvalue weighted by molar-refractivity contribution is 0.199. The van der Waals surface area contributed by atoms with Crippen LogP contribution in [0.3, 0.4) is 0 Å². The number of fused-ring (bicyclic) bond motifs is 1. The van der Waals surface area contributed by atoms with Crippen molar-refractivity contribution < 1.29 is 13.9 Å². The monoisotopic (exact) mass is 461 g/mol. The maximum absolute atomic E-state index is 14.2. The topological polar surface area (TPSA) is 124 Å². The van der Waals surface area contributed by atoms with Gasteiger partial charge >= 0.3 is 0 Å². The van der Waals surface area contributed by atoms with Crippen molar-refractivity contribution in [2.45, 2.75) is 6.10 Å². The maximum Gasteiger partial charge on any atom is 0.250 e. The van der Waals surface area contributed by atoms with Gasteiger partial charge in [0.15, 0.2) is 17.6 Å². The Bertz CT molecular complexity index is 1600. The van der Waals surface area contributed by atoms with Gasteiger partial charge in [-0.15, -0.1) is 5.10 Å². The van der Waals surface area contributed by atoms with Crippen LogP contribution in [0.2, 0.25) is 0 Å². The third-order valence-electron chi connectivity index (χ3n) is 5.31. The Morgan fingerprint density at radius 1 is 1.03 bits per heavy atom. The van der Waals surface area contributed by atoms with E-state index in [-0.39, 0.29) is 28.7 Å². The minimum absolute atomic E-state index is 0.0599. The SMILES string of the molecule is Cn1cc(-c2c(-c3ccc(F)cc3)nc(N)n3nc(C(O)c4ncccc4F)nc23)ccc1=O. The van der Waals surface area contributed by atoms with Gasteiger partial charge in [0, 0.05) is 36.6 Å². The molecule has 0 aliphatic carbocycles. The van der Waals surface area contributed by atoms with E-state index in [1.54, 1.807) is 19.3 Å². The molecule has 0 aliphatic heterocycles. The summed E-state index contributed by atoms with van der Waals surface area (Å²) in [6, 6.07) is 11.2. The molecule has 0 saturated heterocycles. The van der Waals surface area contributed by atoms with Gasteiger partial charge in [-0.1, -0.05) is 0 Å². The molecule has 34 heavy (non-hydrogen) atoms. The molecular weight excluding hydrogens is 444 g/mol. The summed E-state index contributed by atoms with van der Waals surface area (Å²) in [7, 11) is 1.59. The van der Waals surface area contributed by atoms with Crippen molar-refractivity contribution in [1.29, 1.82) is 0 Å². The zero-order valence-electron chi connectivity index (χ0n) is 17.7. The van der Waals surface area contributed by atoms with E-state index in [1.807, 2.05) is 0 Å². The number of halogens is 2. The summed E-state index contributed by atoms with van der Waals surface area (Å²) in [6.45, 7) is 0. The van der Waals surface area contributed by atoms with Crippen LogP contribution in [0.1, 0.15) is 17.6 Å². The number of nitrogens with zero attached hydrogens (tertiary/aromatic N) is 6. The summed E-state index contributed by atoms with van der Waals surface area (Å²) in [5.41, 5.74) is 7.78. The van der Waals surface area contributed by atoms with Crippen molar-refractivity contribution in [2.24, 2.45) is 7.05 Å². The molecule has 1 atom stereocenters. The molecule has 0 saturated carbocycles. The summed E-state index contributed by atoms with van der Waals surface area (Å²) >= 11 is 0. The fourth-order valence-corrected chi connectivity index (χ4v) is 3.63. The van der Waals surface area contributed by atoms with Crippen LogP contribution in [0.4, 0.5) is 14.7 Å². The van der Waals surface area contributed by atoms with Gasteiger partial charge in [-0.2, -0.15) is 4.52 Å². The molecule has 0 bridgehead atoms. The first kappa shape index (κ1) is 21.3. The average Bonchev–Trinajstić information content (AvgIpc) is 3.27. The van der Waals surface area contributed by atoms with Gasteiger partial charge in [-0.3, -0.25) is 9.78 Å². The number of hydrogen-bond donors (Lipinski definition) is 2. The highest BCUT2D eigenvalue weighted by molar-refractivity contribution is 5.90. The number of aliphatic hydroxyl groups excluding tert-OH is 1. The van der Waals surface area contributed by atoms with Crippen molar-refractivity contribution >= 4 is 11.6 Å². The van der Waals surface area contributed by atoms with Crippen molar-refractivity contribution in [3.63, 3.8) is 0 Å². The largest absolute Gasteiger partial charge is 0.378 e. The Labute approximate surface area is 190 Å². The highest BCUT2D eigenvalue weighted by Crippen LogP contribution is 2.35. The number of nitrogens with two attached hydrogens (primary N) is 1. The molecule has 9 nitrogen and oxygen atoms in total. The van der Waals surface area contributed by atoms with Gasteiger partial charge < -0.3 is 15.4 Å². The van der Waals surface area contributed by atoms with Crippen LogP contribution in [0.5, 0.6) is 0 Å². The Morgan fingerprint density at radius 3 is 2.47 bits per heavy atom. The summed E-state index contributed by atoms with van der Waals surface area (Å²) in [6.07, 6.45) is 1.37. The Balaban J connectivity index is 1.80. The standard InChI is InChI=1S/C23H17F2N7O2/c1-31-11-13(6-9-16(31)33)17-18(12-4-7-14(24)8-5-12)28-23(26)32-22(17)29-21(30-32)20(34)19-15(25)3-2-10-27-19/h2-11,20,34H,1H3,(H2,26,28). The van der Waals surface area contributed by atoms with Crippen LogP contribution >= 0.6 is 0 Å². The maximum atomic E-state index is 14.2. The first-order valence-electron chi connectivity index (χ1n) is 10.1. The van der Waals surface area contributed by atoms with E-state index in [0.717, 1.165) is 0 Å². The second kappa shape index (κ2) is 8.12. The van der Waals surface area contributed by atoms with Gasteiger partial charge in [-0.05, 0) is 42.5 Å². The molecule has 0 fully saturated rings. The number of nitrogen functional groups attached to an aromatic ring is 1. The van der Waals surface area contributed by atoms with E-state index in [9.17, 15) is 18.7 Å². The first-order valence-corrected chi connectivity index (χ1v) is 10.1. The molecule has 3 N–H and O–H groups in total. The number of pyridine rings is 2. The lowest BCUT2D eigenvalue weighted by Gasteiger charge is -2.12. The average molecular weight is 461 g/mol. The molecule has 0 amide bonds. The number of benzene rings is 1. The number of aromatic nitrogens is 6.